The second-order valence-corrected chi connectivity index (χ2v) is 8.95. The van der Waals surface area contributed by atoms with Crippen LogP contribution in [0.4, 0.5) is 13.2 Å². The summed E-state index contributed by atoms with van der Waals surface area (Å²) in [5.41, 5.74) is -1.35. The van der Waals surface area contributed by atoms with Crippen molar-refractivity contribution in [3.05, 3.63) is 84.9 Å². The lowest BCUT2D eigenvalue weighted by molar-refractivity contribution is -0.158. The van der Waals surface area contributed by atoms with Gasteiger partial charge in [0.05, 0.1) is 23.2 Å². The van der Waals surface area contributed by atoms with E-state index in [-0.39, 0.29) is 4.53 Å². The maximum atomic E-state index is 13.4. The van der Waals surface area contributed by atoms with Crippen LogP contribution in [0.2, 0.25) is 0 Å². The molecule has 5 rings (SSSR count). The first kappa shape index (κ1) is 21.4. The summed E-state index contributed by atoms with van der Waals surface area (Å²) in [6, 6.07) is 11.0. The molecule has 2 aliphatic rings. The van der Waals surface area contributed by atoms with Crippen molar-refractivity contribution in [2.45, 2.75) is 24.9 Å². The van der Waals surface area contributed by atoms with Gasteiger partial charge in [0, 0.05) is 5.56 Å². The van der Waals surface area contributed by atoms with Gasteiger partial charge in [-0.2, -0.15) is 13.2 Å². The fourth-order valence-electron chi connectivity index (χ4n) is 4.35. The molecular weight excluding hydrogens is 457 g/mol. The van der Waals surface area contributed by atoms with Crippen molar-refractivity contribution in [1.29, 1.82) is 0 Å². The molecule has 2 aromatic carbocycles. The topological polar surface area (TPSA) is 69.9 Å². The van der Waals surface area contributed by atoms with Gasteiger partial charge in [-0.05, 0) is 36.8 Å². The van der Waals surface area contributed by atoms with Gasteiger partial charge in [0.15, 0.2) is 4.80 Å². The lowest BCUT2D eigenvalue weighted by Gasteiger charge is -2.44. The van der Waals surface area contributed by atoms with E-state index < -0.39 is 41.0 Å². The Morgan fingerprint density at radius 3 is 2.58 bits per heavy atom. The number of aromatic nitrogens is 1. The fourth-order valence-corrected chi connectivity index (χ4v) is 5.45. The number of alkyl halides is 3. The van der Waals surface area contributed by atoms with Crippen molar-refractivity contribution in [2.75, 3.05) is 7.11 Å². The third-order valence-corrected chi connectivity index (χ3v) is 6.85. The minimum absolute atomic E-state index is 0.283. The van der Waals surface area contributed by atoms with E-state index in [1.165, 1.54) is 29.9 Å². The van der Waals surface area contributed by atoms with E-state index in [9.17, 15) is 22.8 Å². The summed E-state index contributed by atoms with van der Waals surface area (Å²) in [5.74, 6) is -0.931. The molecule has 0 N–H and O–H groups in total. The van der Waals surface area contributed by atoms with Crippen LogP contribution in [-0.4, -0.2) is 23.4 Å². The zero-order valence-electron chi connectivity index (χ0n) is 17.4. The highest BCUT2D eigenvalue weighted by molar-refractivity contribution is 7.07. The number of para-hydroxylation sites is 1. The maximum absolute atomic E-state index is 13.4. The number of methoxy groups -OCH3 is 1. The Balaban J connectivity index is 1.71. The normalized spacial score (nSPS) is 23.7. The number of fused-ring (bicyclic) bond motifs is 6. The van der Waals surface area contributed by atoms with Gasteiger partial charge in [-0.25, -0.2) is 4.99 Å². The zero-order chi connectivity index (χ0) is 23.5. The highest BCUT2D eigenvalue weighted by atomic mass is 32.1. The predicted octanol–water partition coefficient (Wildman–Crippen LogP) is 2.88. The van der Waals surface area contributed by atoms with Crippen LogP contribution < -0.4 is 19.6 Å². The Morgan fingerprint density at radius 1 is 1.21 bits per heavy atom. The van der Waals surface area contributed by atoms with Crippen LogP contribution in [0.3, 0.4) is 0 Å². The average molecular weight is 474 g/mol. The number of ether oxygens (including phenoxy) is 2. The van der Waals surface area contributed by atoms with Crippen LogP contribution in [0.1, 0.15) is 29.7 Å². The number of carbonyl (C=O) groups excluding carboxylic acids is 1. The monoisotopic (exact) mass is 474 g/mol. The van der Waals surface area contributed by atoms with Gasteiger partial charge in [0.1, 0.15) is 11.7 Å². The summed E-state index contributed by atoms with van der Waals surface area (Å²) >= 11 is 1.09. The number of rotatable bonds is 2. The third-order valence-electron chi connectivity index (χ3n) is 5.87. The van der Waals surface area contributed by atoms with Gasteiger partial charge in [-0.1, -0.05) is 41.7 Å². The van der Waals surface area contributed by atoms with Crippen molar-refractivity contribution in [1.82, 2.24) is 4.57 Å². The summed E-state index contributed by atoms with van der Waals surface area (Å²) in [6.07, 6.45) is -2.93. The Labute approximate surface area is 189 Å². The predicted molar refractivity (Wildman–Crippen MR) is 113 cm³/mol. The van der Waals surface area contributed by atoms with Crippen LogP contribution in [0.5, 0.6) is 5.75 Å². The molecule has 6 nitrogen and oxygen atoms in total. The van der Waals surface area contributed by atoms with E-state index in [1.54, 1.807) is 31.2 Å². The number of esters is 1. The van der Waals surface area contributed by atoms with Crippen molar-refractivity contribution >= 4 is 23.4 Å². The Hall–Kier alpha value is -3.40. The van der Waals surface area contributed by atoms with E-state index in [2.05, 4.69) is 4.99 Å². The number of carbonyl (C=O) groups is 1. The molecule has 2 aliphatic heterocycles. The average Bonchev–Trinajstić information content (AvgIpc) is 3.06. The molecule has 0 radical (unpaired) electrons. The molecule has 0 saturated carbocycles. The van der Waals surface area contributed by atoms with Gasteiger partial charge >= 0.3 is 12.1 Å². The molecule has 0 fully saturated rings. The van der Waals surface area contributed by atoms with Gasteiger partial charge in [0.2, 0.25) is 5.72 Å². The summed E-state index contributed by atoms with van der Waals surface area (Å²) in [6.45, 7) is 1.67. The molecule has 3 atom stereocenters. The Morgan fingerprint density at radius 2 is 1.91 bits per heavy atom. The van der Waals surface area contributed by atoms with E-state index in [4.69, 9.17) is 9.47 Å². The van der Waals surface area contributed by atoms with Crippen molar-refractivity contribution in [3.8, 4) is 5.75 Å². The molecule has 33 heavy (non-hydrogen) atoms. The number of nitrogens with zero attached hydrogens (tertiary/aromatic N) is 2. The standard InChI is InChI=1S/C23H17F3N2O4S/c1-22-17(20(30)31-2)18(14-5-3-4-6-15(14)32-22)28-19(29)16(33-21(28)27-22)11-12-7-9-13(10-8-12)23(24,25)26/h3-11,17-18H,1-2H3/b16-11+/t17-,18-,22-/m0/s1. The summed E-state index contributed by atoms with van der Waals surface area (Å²) in [7, 11) is 1.27. The minimum Gasteiger partial charge on any atom is -0.469 e. The molecule has 1 aromatic heterocycles. The van der Waals surface area contributed by atoms with E-state index in [1.807, 2.05) is 0 Å². The van der Waals surface area contributed by atoms with Crippen molar-refractivity contribution in [2.24, 2.45) is 10.9 Å². The van der Waals surface area contributed by atoms with Gasteiger partial charge in [0.25, 0.3) is 5.56 Å². The van der Waals surface area contributed by atoms with E-state index >= 15 is 0 Å². The lowest BCUT2D eigenvalue weighted by Crippen LogP contribution is -2.58. The number of hydrogen-bond acceptors (Lipinski definition) is 6. The number of benzene rings is 2. The van der Waals surface area contributed by atoms with Gasteiger partial charge in [-0.15, -0.1) is 0 Å². The molecule has 3 heterocycles. The van der Waals surface area contributed by atoms with Crippen LogP contribution >= 0.6 is 11.3 Å². The highest BCUT2D eigenvalue weighted by Crippen LogP contribution is 2.47. The fraction of sp³-hybridized carbons (Fsp3) is 0.261. The summed E-state index contributed by atoms with van der Waals surface area (Å²) < 4.78 is 51.4. The molecular formula is C23H17F3N2O4S. The second kappa shape index (κ2) is 7.31. The third kappa shape index (κ3) is 3.36. The van der Waals surface area contributed by atoms with E-state index in [0.717, 1.165) is 23.5 Å². The van der Waals surface area contributed by atoms with Crippen LogP contribution in [-0.2, 0) is 15.7 Å². The molecule has 0 saturated heterocycles. The second-order valence-electron chi connectivity index (χ2n) is 7.94. The molecule has 0 aliphatic carbocycles. The molecule has 10 heteroatoms. The largest absolute Gasteiger partial charge is 0.469 e. The molecule has 0 spiro atoms. The number of halogens is 3. The van der Waals surface area contributed by atoms with Crippen molar-refractivity contribution < 1.29 is 27.4 Å². The molecule has 0 amide bonds. The smallest absolute Gasteiger partial charge is 0.416 e. The van der Waals surface area contributed by atoms with E-state index in [0.29, 0.717) is 21.7 Å². The Bertz CT molecular complexity index is 1440. The van der Waals surface area contributed by atoms with Crippen LogP contribution in [0.15, 0.2) is 58.3 Å². The first-order valence-electron chi connectivity index (χ1n) is 9.98. The molecule has 3 aromatic rings. The molecule has 2 bridgehead atoms. The van der Waals surface area contributed by atoms with Crippen LogP contribution in [0, 0.1) is 5.92 Å². The lowest BCUT2D eigenvalue weighted by atomic mass is 9.81. The number of thiazole rings is 1. The quantitative estimate of drug-likeness (QED) is 0.536. The van der Waals surface area contributed by atoms with Gasteiger partial charge < -0.3 is 9.47 Å². The number of hydrogen-bond donors (Lipinski definition) is 0. The van der Waals surface area contributed by atoms with Crippen LogP contribution in [0.25, 0.3) is 6.08 Å². The summed E-state index contributed by atoms with van der Waals surface area (Å²) in [5, 5.41) is 0. The van der Waals surface area contributed by atoms with Gasteiger partial charge in [-0.3, -0.25) is 14.2 Å². The summed E-state index contributed by atoms with van der Waals surface area (Å²) in [4.78, 5) is 31.1. The Kier molecular flexibility index (Phi) is 4.75. The zero-order valence-corrected chi connectivity index (χ0v) is 18.2. The molecule has 0 unspecified atom stereocenters. The minimum atomic E-state index is -4.44. The maximum Gasteiger partial charge on any atom is 0.416 e. The first-order chi connectivity index (χ1) is 15.6. The SMILES string of the molecule is COC(=O)[C@@H]1[C@@H]2c3ccccc3O[C@]1(C)N=c1s/c(=C/c3ccc(C(F)(F)F)cc3)c(=O)n12. The molecule has 170 valence electrons. The highest BCUT2D eigenvalue weighted by Gasteiger charge is 2.55. The van der Waals surface area contributed by atoms with Crippen molar-refractivity contribution in [3.63, 3.8) is 0 Å². The first-order valence-corrected chi connectivity index (χ1v) is 10.8.